The number of carbonyl (C=O) groups excluding carboxylic acids is 3. The Bertz CT molecular complexity index is 1130. The molecule has 1 aromatic heterocycles. The molecule has 3 rings (SSSR count). The van der Waals surface area contributed by atoms with Gasteiger partial charge in [0.1, 0.15) is 16.6 Å². The highest BCUT2D eigenvalue weighted by Crippen LogP contribution is 2.56. The third-order valence-electron chi connectivity index (χ3n) is 6.11. The van der Waals surface area contributed by atoms with E-state index in [9.17, 15) is 14.4 Å². The van der Waals surface area contributed by atoms with Gasteiger partial charge in [0.25, 0.3) is 0 Å². The van der Waals surface area contributed by atoms with Crippen LogP contribution < -0.4 is 0 Å². The quantitative estimate of drug-likeness (QED) is 0.313. The average molecular weight is 526 g/mol. The molecule has 1 aliphatic rings. The first kappa shape index (κ1) is 28.9. The van der Waals surface area contributed by atoms with Gasteiger partial charge in [-0.25, -0.2) is 19.5 Å². The summed E-state index contributed by atoms with van der Waals surface area (Å²) < 4.78 is 17.8. The molecule has 1 aromatic carbocycles. The molecule has 0 saturated heterocycles. The van der Waals surface area contributed by atoms with Crippen LogP contribution in [0.1, 0.15) is 72.1 Å². The maximum atomic E-state index is 12.9. The zero-order chi connectivity index (χ0) is 28.1. The maximum absolute atomic E-state index is 12.9. The molecule has 206 valence electrons. The molecular weight excluding hydrogens is 486 g/mol. The third-order valence-corrected chi connectivity index (χ3v) is 6.11. The molecule has 9 nitrogen and oxygen atoms in total. The lowest BCUT2D eigenvalue weighted by molar-refractivity contribution is -0.144. The van der Waals surface area contributed by atoms with Gasteiger partial charge in [-0.2, -0.15) is 0 Å². The molecule has 1 heterocycles. The number of imide groups is 1. The molecule has 2 unspecified atom stereocenters. The highest BCUT2D eigenvalue weighted by molar-refractivity contribution is 5.88. The lowest BCUT2D eigenvalue weighted by Crippen LogP contribution is -2.44. The number of ether oxygens (including phenoxy) is 3. The number of methoxy groups -OCH3 is 1. The van der Waals surface area contributed by atoms with Crippen molar-refractivity contribution < 1.29 is 28.6 Å². The van der Waals surface area contributed by atoms with Crippen molar-refractivity contribution in [3.8, 4) is 0 Å². The lowest BCUT2D eigenvalue weighted by atomic mass is 9.97. The predicted octanol–water partition coefficient (Wildman–Crippen LogP) is 5.89. The van der Waals surface area contributed by atoms with Crippen LogP contribution in [0.3, 0.4) is 0 Å². The monoisotopic (exact) mass is 525 g/mol. The number of hydrogen-bond acceptors (Lipinski definition) is 7. The molecule has 1 fully saturated rings. The summed E-state index contributed by atoms with van der Waals surface area (Å²) in [5, 5.41) is 0. The molecule has 2 atom stereocenters. The maximum Gasteiger partial charge on any atom is 0.419 e. The van der Waals surface area contributed by atoms with Gasteiger partial charge in [0, 0.05) is 18.9 Å². The smallest absolute Gasteiger partial charge is 0.419 e. The van der Waals surface area contributed by atoms with Crippen LogP contribution in [0.15, 0.2) is 42.9 Å². The molecule has 0 radical (unpaired) electrons. The molecule has 0 aliphatic heterocycles. The van der Waals surface area contributed by atoms with Crippen molar-refractivity contribution in [1.29, 1.82) is 0 Å². The molecule has 1 aliphatic carbocycles. The number of imidazole rings is 1. The van der Waals surface area contributed by atoms with E-state index in [1.54, 1.807) is 47.9 Å². The van der Waals surface area contributed by atoms with Crippen LogP contribution in [-0.2, 0) is 24.4 Å². The highest BCUT2D eigenvalue weighted by atomic mass is 16.6. The third kappa shape index (κ3) is 7.46. The van der Waals surface area contributed by atoms with Crippen LogP contribution in [-0.4, -0.2) is 57.5 Å². The van der Waals surface area contributed by atoms with Crippen molar-refractivity contribution in [3.63, 3.8) is 0 Å². The van der Waals surface area contributed by atoms with E-state index in [1.807, 2.05) is 53.4 Å². The Labute approximate surface area is 224 Å². The first-order chi connectivity index (χ1) is 17.7. The van der Waals surface area contributed by atoms with Gasteiger partial charge in [-0.3, -0.25) is 4.79 Å². The van der Waals surface area contributed by atoms with Crippen LogP contribution >= 0.6 is 0 Å². The highest BCUT2D eigenvalue weighted by Gasteiger charge is 2.63. The summed E-state index contributed by atoms with van der Waals surface area (Å²) >= 11 is 0. The van der Waals surface area contributed by atoms with Gasteiger partial charge in [-0.05, 0) is 78.4 Å². The summed E-state index contributed by atoms with van der Waals surface area (Å²) in [6.45, 7) is 10.5. The first-order valence-corrected chi connectivity index (χ1v) is 12.8. The van der Waals surface area contributed by atoms with Gasteiger partial charge in [-0.15, -0.1) is 0 Å². The molecule has 9 heteroatoms. The zero-order valence-electron chi connectivity index (χ0n) is 23.4. The van der Waals surface area contributed by atoms with Crippen LogP contribution in [0.2, 0.25) is 0 Å². The SMILES string of the molecule is COC(=O)C1(c2cn(/C=C/c3ccccc3)cn2)CC1CCCN(C(=O)OC(C)(C)C)C(=O)OC(C)(C)C. The molecule has 2 amide bonds. The average Bonchev–Trinajstić information content (AvgIpc) is 3.35. The van der Waals surface area contributed by atoms with Crippen LogP contribution in [0.25, 0.3) is 12.3 Å². The molecule has 0 spiro atoms. The van der Waals surface area contributed by atoms with Gasteiger partial charge in [0.2, 0.25) is 0 Å². The minimum absolute atomic E-state index is 0.0319. The molecule has 2 aromatic rings. The Kier molecular flexibility index (Phi) is 8.69. The standard InChI is InChI=1S/C29H39N3O6/c1-27(2,3)37-25(34)32(26(35)38-28(4,5)6)16-11-14-22-18-29(22,24(33)36-7)23-19-31(20-30-23)17-15-21-12-9-8-10-13-21/h8-10,12-13,15,17,19-20,22H,11,14,16,18H2,1-7H3/b17-15+. The number of esters is 1. The van der Waals surface area contributed by atoms with E-state index in [-0.39, 0.29) is 18.4 Å². The Hall–Kier alpha value is -3.62. The fourth-order valence-electron chi connectivity index (χ4n) is 4.30. The van der Waals surface area contributed by atoms with Gasteiger partial charge in [0.05, 0.1) is 19.1 Å². The van der Waals surface area contributed by atoms with Crippen LogP contribution in [0.5, 0.6) is 0 Å². The zero-order valence-corrected chi connectivity index (χ0v) is 23.4. The minimum Gasteiger partial charge on any atom is -0.468 e. The summed E-state index contributed by atoms with van der Waals surface area (Å²) in [5.41, 5.74) is -0.676. The molecular formula is C29H39N3O6. The van der Waals surface area contributed by atoms with Gasteiger partial charge >= 0.3 is 18.2 Å². The van der Waals surface area contributed by atoms with Gasteiger partial charge in [-0.1, -0.05) is 30.3 Å². The van der Waals surface area contributed by atoms with Crippen molar-refractivity contribution >= 4 is 30.4 Å². The number of amides is 2. The molecule has 0 bridgehead atoms. The minimum atomic E-state index is -0.844. The second kappa shape index (κ2) is 11.4. The normalized spacial score (nSPS) is 19.2. The molecule has 1 saturated carbocycles. The predicted molar refractivity (Wildman–Crippen MR) is 144 cm³/mol. The summed E-state index contributed by atoms with van der Waals surface area (Å²) in [6, 6.07) is 9.89. The lowest BCUT2D eigenvalue weighted by Gasteiger charge is -2.28. The fraction of sp³-hybridized carbons (Fsp3) is 0.517. The number of nitrogens with zero attached hydrogens (tertiary/aromatic N) is 3. The van der Waals surface area contributed by atoms with E-state index in [0.29, 0.717) is 25.0 Å². The number of aromatic nitrogens is 2. The van der Waals surface area contributed by atoms with Crippen molar-refractivity contribution in [3.05, 3.63) is 54.1 Å². The van der Waals surface area contributed by atoms with Gasteiger partial charge < -0.3 is 18.8 Å². The van der Waals surface area contributed by atoms with Crippen LogP contribution in [0.4, 0.5) is 9.59 Å². The number of benzene rings is 1. The van der Waals surface area contributed by atoms with Gasteiger partial charge in [0.15, 0.2) is 0 Å². The van der Waals surface area contributed by atoms with Crippen molar-refractivity contribution in [2.45, 2.75) is 77.4 Å². The summed E-state index contributed by atoms with van der Waals surface area (Å²) in [4.78, 5) is 43.9. The second-order valence-corrected chi connectivity index (χ2v) is 11.6. The van der Waals surface area contributed by atoms with E-state index >= 15 is 0 Å². The second-order valence-electron chi connectivity index (χ2n) is 11.6. The molecule has 0 N–H and O–H groups in total. The van der Waals surface area contributed by atoms with Crippen LogP contribution in [0, 0.1) is 5.92 Å². The van der Waals surface area contributed by atoms with E-state index in [1.165, 1.54) is 7.11 Å². The number of carbonyl (C=O) groups is 3. The van der Waals surface area contributed by atoms with E-state index in [0.717, 1.165) is 10.5 Å². The Balaban J connectivity index is 1.69. The number of hydrogen-bond donors (Lipinski definition) is 0. The largest absolute Gasteiger partial charge is 0.468 e. The Morgan fingerprint density at radius 1 is 1.05 bits per heavy atom. The number of rotatable bonds is 8. The Morgan fingerprint density at radius 2 is 1.66 bits per heavy atom. The molecule has 38 heavy (non-hydrogen) atoms. The summed E-state index contributed by atoms with van der Waals surface area (Å²) in [5.74, 6) is -0.369. The van der Waals surface area contributed by atoms with Crippen molar-refractivity contribution in [1.82, 2.24) is 14.5 Å². The summed E-state index contributed by atoms with van der Waals surface area (Å²) in [7, 11) is 1.37. The van der Waals surface area contributed by atoms with E-state index in [2.05, 4.69) is 4.98 Å². The first-order valence-electron chi connectivity index (χ1n) is 12.8. The topological polar surface area (TPSA) is 100.0 Å². The summed E-state index contributed by atoms with van der Waals surface area (Å²) in [6.07, 6.45) is 7.47. The van der Waals surface area contributed by atoms with Crippen molar-refractivity contribution in [2.75, 3.05) is 13.7 Å². The van der Waals surface area contributed by atoms with Crippen molar-refractivity contribution in [2.24, 2.45) is 5.92 Å². The van der Waals surface area contributed by atoms with E-state index in [4.69, 9.17) is 14.2 Å². The Morgan fingerprint density at radius 3 is 2.21 bits per heavy atom. The fourth-order valence-corrected chi connectivity index (χ4v) is 4.30. The van der Waals surface area contributed by atoms with E-state index < -0.39 is 28.8 Å².